The number of ether oxygens (including phenoxy) is 2. The quantitative estimate of drug-likeness (QED) is 0.517. The molecule has 0 bridgehead atoms. The molecule has 1 N–H and O–H groups in total. The number of quaternary nitrogens is 1. The van der Waals surface area contributed by atoms with Gasteiger partial charge in [0.25, 0.3) is 0 Å². The van der Waals surface area contributed by atoms with Crippen molar-refractivity contribution >= 4 is 11.0 Å². The SMILES string of the molecule is COc1ccc(-c2cc(=O)oc3c4c(ccc23)OC[NH+](Cc2ccc(C)cc2)C4)cc1. The molecule has 3 aromatic carbocycles. The molecule has 0 amide bonds. The van der Waals surface area contributed by atoms with Gasteiger partial charge in [0.15, 0.2) is 5.58 Å². The first-order chi connectivity index (χ1) is 15.1. The minimum atomic E-state index is -0.364. The van der Waals surface area contributed by atoms with E-state index in [2.05, 4.69) is 31.2 Å². The maximum absolute atomic E-state index is 12.5. The topological polar surface area (TPSA) is 53.1 Å². The molecule has 5 heteroatoms. The zero-order chi connectivity index (χ0) is 21.4. The van der Waals surface area contributed by atoms with Crippen LogP contribution in [0.1, 0.15) is 16.7 Å². The van der Waals surface area contributed by atoms with Gasteiger partial charge in [0, 0.05) is 17.0 Å². The van der Waals surface area contributed by atoms with Gasteiger partial charge >= 0.3 is 5.63 Å². The highest BCUT2D eigenvalue weighted by Gasteiger charge is 2.25. The third-order valence-corrected chi connectivity index (χ3v) is 5.81. The number of hydrogen-bond acceptors (Lipinski definition) is 4. The lowest BCUT2D eigenvalue weighted by molar-refractivity contribution is -0.945. The van der Waals surface area contributed by atoms with Gasteiger partial charge in [0.05, 0.1) is 12.7 Å². The largest absolute Gasteiger partial charge is 0.497 e. The van der Waals surface area contributed by atoms with Crippen molar-refractivity contribution in [1.29, 1.82) is 0 Å². The van der Waals surface area contributed by atoms with Crippen molar-refractivity contribution in [2.75, 3.05) is 13.8 Å². The van der Waals surface area contributed by atoms with Crippen molar-refractivity contribution in [1.82, 2.24) is 0 Å². The maximum atomic E-state index is 12.5. The van der Waals surface area contributed by atoms with Crippen molar-refractivity contribution in [2.24, 2.45) is 0 Å². The van der Waals surface area contributed by atoms with Crippen LogP contribution in [-0.2, 0) is 13.1 Å². The van der Waals surface area contributed by atoms with Crippen molar-refractivity contribution in [3.8, 4) is 22.6 Å². The summed E-state index contributed by atoms with van der Waals surface area (Å²) >= 11 is 0. The molecule has 4 aromatic rings. The molecule has 1 aromatic heterocycles. The number of hydrogen-bond donors (Lipinski definition) is 1. The fourth-order valence-electron chi connectivity index (χ4n) is 4.17. The lowest BCUT2D eigenvalue weighted by Gasteiger charge is -2.26. The summed E-state index contributed by atoms with van der Waals surface area (Å²) in [5.41, 5.74) is 5.49. The third-order valence-electron chi connectivity index (χ3n) is 5.81. The molecule has 1 atom stereocenters. The fraction of sp³-hybridized carbons (Fsp3) is 0.192. The van der Waals surface area contributed by atoms with Crippen LogP contribution in [0.4, 0.5) is 0 Å². The van der Waals surface area contributed by atoms with Gasteiger partial charge in [-0.15, -0.1) is 0 Å². The van der Waals surface area contributed by atoms with Gasteiger partial charge in [0.2, 0.25) is 6.73 Å². The van der Waals surface area contributed by atoms with E-state index in [0.29, 0.717) is 12.3 Å². The molecular weight excluding hydrogens is 390 g/mol. The van der Waals surface area contributed by atoms with E-state index < -0.39 is 0 Å². The van der Waals surface area contributed by atoms with Gasteiger partial charge in [-0.2, -0.15) is 0 Å². The molecule has 2 heterocycles. The van der Waals surface area contributed by atoms with Crippen LogP contribution in [0, 0.1) is 6.92 Å². The van der Waals surface area contributed by atoms with Gasteiger partial charge in [-0.1, -0.05) is 42.0 Å². The molecule has 0 fully saturated rings. The number of methoxy groups -OCH3 is 1. The summed E-state index contributed by atoms with van der Waals surface area (Å²) in [6.07, 6.45) is 0. The molecule has 0 spiro atoms. The molecule has 5 nitrogen and oxygen atoms in total. The van der Waals surface area contributed by atoms with Crippen molar-refractivity contribution in [3.05, 3.63) is 93.8 Å². The Balaban J connectivity index is 1.54. The first-order valence-electron chi connectivity index (χ1n) is 10.4. The number of nitrogens with one attached hydrogen (secondary N) is 1. The van der Waals surface area contributed by atoms with E-state index >= 15 is 0 Å². The predicted molar refractivity (Wildman–Crippen MR) is 120 cm³/mol. The Labute approximate surface area is 180 Å². The monoisotopic (exact) mass is 414 g/mol. The predicted octanol–water partition coefficient (Wildman–Crippen LogP) is 3.71. The molecule has 156 valence electrons. The Bertz CT molecular complexity index is 1290. The van der Waals surface area contributed by atoms with E-state index in [9.17, 15) is 4.79 Å². The van der Waals surface area contributed by atoms with E-state index in [1.54, 1.807) is 13.2 Å². The third kappa shape index (κ3) is 3.80. The molecule has 1 aliphatic heterocycles. The second kappa shape index (κ2) is 7.93. The smallest absolute Gasteiger partial charge is 0.336 e. The Kier molecular flexibility index (Phi) is 4.96. The van der Waals surface area contributed by atoms with Crippen LogP contribution in [-0.4, -0.2) is 13.8 Å². The normalized spacial score (nSPS) is 15.4. The zero-order valence-corrected chi connectivity index (χ0v) is 17.6. The van der Waals surface area contributed by atoms with Gasteiger partial charge in [0.1, 0.15) is 24.6 Å². The van der Waals surface area contributed by atoms with Crippen LogP contribution in [0.25, 0.3) is 22.1 Å². The summed E-state index contributed by atoms with van der Waals surface area (Å²) in [6, 6.07) is 21.8. The lowest BCUT2D eigenvalue weighted by atomic mass is 9.99. The van der Waals surface area contributed by atoms with E-state index in [-0.39, 0.29) is 5.63 Å². The van der Waals surface area contributed by atoms with Crippen LogP contribution in [0.2, 0.25) is 0 Å². The molecule has 31 heavy (non-hydrogen) atoms. The summed E-state index contributed by atoms with van der Waals surface area (Å²) < 4.78 is 17.0. The molecule has 0 aliphatic carbocycles. The number of fused-ring (bicyclic) bond motifs is 3. The van der Waals surface area contributed by atoms with E-state index in [4.69, 9.17) is 13.9 Å². The van der Waals surface area contributed by atoms with Crippen LogP contribution in [0.3, 0.4) is 0 Å². The minimum Gasteiger partial charge on any atom is -0.497 e. The van der Waals surface area contributed by atoms with Gasteiger partial charge in [-0.25, -0.2) is 4.79 Å². The standard InChI is InChI=1S/C26H23NO4/c1-17-3-5-18(6-4-17)14-27-15-23-24(30-16-27)12-11-21-22(13-25(28)31-26(21)23)19-7-9-20(29-2)10-8-19/h3-13H,14-16H2,1-2H3/p+1. The summed E-state index contributed by atoms with van der Waals surface area (Å²) in [5.74, 6) is 1.56. The Morgan fingerprint density at radius 1 is 1.00 bits per heavy atom. The number of rotatable bonds is 4. The van der Waals surface area contributed by atoms with Crippen LogP contribution in [0.5, 0.6) is 11.5 Å². The van der Waals surface area contributed by atoms with Crippen LogP contribution >= 0.6 is 0 Å². The van der Waals surface area contributed by atoms with Crippen LogP contribution < -0.4 is 20.0 Å². The van der Waals surface area contributed by atoms with Crippen molar-refractivity contribution in [3.63, 3.8) is 0 Å². The summed E-state index contributed by atoms with van der Waals surface area (Å²) in [4.78, 5) is 13.7. The van der Waals surface area contributed by atoms with Gasteiger partial charge in [-0.3, -0.25) is 4.90 Å². The Morgan fingerprint density at radius 2 is 1.77 bits per heavy atom. The van der Waals surface area contributed by atoms with Crippen LogP contribution in [0.15, 0.2) is 75.9 Å². The summed E-state index contributed by atoms with van der Waals surface area (Å²) in [5, 5.41) is 0.906. The van der Waals surface area contributed by atoms with E-state index in [1.807, 2.05) is 36.4 Å². The summed E-state index contributed by atoms with van der Waals surface area (Å²) in [6.45, 7) is 4.24. The molecule has 1 unspecified atom stereocenters. The second-order valence-corrected chi connectivity index (χ2v) is 8.00. The maximum Gasteiger partial charge on any atom is 0.336 e. The second-order valence-electron chi connectivity index (χ2n) is 8.00. The number of aryl methyl sites for hydroxylation is 1. The van der Waals surface area contributed by atoms with Gasteiger partial charge in [-0.05, 0) is 42.3 Å². The van der Waals surface area contributed by atoms with E-state index in [0.717, 1.165) is 46.7 Å². The van der Waals surface area contributed by atoms with E-state index in [1.165, 1.54) is 16.0 Å². The molecule has 1 aliphatic rings. The zero-order valence-electron chi connectivity index (χ0n) is 17.6. The lowest BCUT2D eigenvalue weighted by Crippen LogP contribution is -3.10. The highest BCUT2D eigenvalue weighted by molar-refractivity contribution is 5.95. The highest BCUT2D eigenvalue weighted by atomic mass is 16.5. The average Bonchev–Trinajstić information content (AvgIpc) is 2.80. The summed E-state index contributed by atoms with van der Waals surface area (Å²) in [7, 11) is 1.64. The molecule has 5 rings (SSSR count). The number of benzene rings is 3. The first-order valence-corrected chi connectivity index (χ1v) is 10.4. The average molecular weight is 414 g/mol. The van der Waals surface area contributed by atoms with Gasteiger partial charge < -0.3 is 13.9 Å². The Hall–Kier alpha value is -3.57. The van der Waals surface area contributed by atoms with Crippen molar-refractivity contribution < 1.29 is 18.8 Å². The molecular formula is C26H24NO4+. The fourth-order valence-corrected chi connectivity index (χ4v) is 4.17. The molecule has 0 radical (unpaired) electrons. The molecule has 0 saturated carbocycles. The highest BCUT2D eigenvalue weighted by Crippen LogP contribution is 2.34. The molecule has 0 saturated heterocycles. The Morgan fingerprint density at radius 3 is 2.52 bits per heavy atom. The minimum absolute atomic E-state index is 0.364. The van der Waals surface area contributed by atoms with Crippen molar-refractivity contribution in [2.45, 2.75) is 20.0 Å². The first kappa shape index (κ1) is 19.4.